The van der Waals surface area contributed by atoms with Gasteiger partial charge in [0.15, 0.2) is 0 Å². The molecule has 0 saturated heterocycles. The van der Waals surface area contributed by atoms with Gasteiger partial charge >= 0.3 is 0 Å². The van der Waals surface area contributed by atoms with Gasteiger partial charge in [0.05, 0.1) is 0 Å². The number of aryl methyl sites for hydroxylation is 1. The molecule has 0 aliphatic heterocycles. The van der Waals surface area contributed by atoms with Crippen molar-refractivity contribution in [3.05, 3.63) is 66.0 Å². The molecule has 1 heterocycles. The summed E-state index contributed by atoms with van der Waals surface area (Å²) in [6.45, 7) is 2.29. The van der Waals surface area contributed by atoms with Gasteiger partial charge in [-0.15, -0.1) is 0 Å². The summed E-state index contributed by atoms with van der Waals surface area (Å²) >= 11 is 0. The summed E-state index contributed by atoms with van der Waals surface area (Å²) in [5.74, 6) is 0.620. The Balaban J connectivity index is 1.92. The smallest absolute Gasteiger partial charge is 0.0270 e. The SMILES string of the molecule is CC(CCc1ccncc1)c1ccccc1. The summed E-state index contributed by atoms with van der Waals surface area (Å²) in [5.41, 5.74) is 2.80. The zero-order valence-corrected chi connectivity index (χ0v) is 9.63. The Morgan fingerprint density at radius 3 is 2.38 bits per heavy atom. The lowest BCUT2D eigenvalue weighted by Crippen LogP contribution is -1.96. The van der Waals surface area contributed by atoms with Crippen LogP contribution in [-0.2, 0) is 6.42 Å². The molecule has 1 heteroatoms. The molecule has 0 N–H and O–H groups in total. The lowest BCUT2D eigenvalue weighted by atomic mass is 9.94. The van der Waals surface area contributed by atoms with Crippen molar-refractivity contribution >= 4 is 0 Å². The average Bonchev–Trinajstić information content (AvgIpc) is 2.38. The maximum atomic E-state index is 4.03. The molecule has 1 unspecified atom stereocenters. The van der Waals surface area contributed by atoms with Crippen molar-refractivity contribution in [3.8, 4) is 0 Å². The van der Waals surface area contributed by atoms with E-state index in [0.717, 1.165) is 6.42 Å². The van der Waals surface area contributed by atoms with Crippen LogP contribution in [0.2, 0.25) is 0 Å². The second-order valence-corrected chi connectivity index (χ2v) is 4.21. The van der Waals surface area contributed by atoms with Crippen LogP contribution in [-0.4, -0.2) is 4.98 Å². The lowest BCUT2D eigenvalue weighted by molar-refractivity contribution is 0.679. The van der Waals surface area contributed by atoms with Crippen LogP contribution in [0.1, 0.15) is 30.4 Å². The molecule has 1 atom stereocenters. The Morgan fingerprint density at radius 2 is 1.69 bits per heavy atom. The molecule has 0 aliphatic rings. The summed E-state index contributed by atoms with van der Waals surface area (Å²) in [6, 6.07) is 14.9. The molecule has 0 aliphatic carbocycles. The molecule has 2 aromatic rings. The van der Waals surface area contributed by atoms with E-state index in [1.807, 2.05) is 12.4 Å². The van der Waals surface area contributed by atoms with Crippen molar-refractivity contribution in [2.45, 2.75) is 25.7 Å². The molecule has 0 fully saturated rings. The molecule has 0 bridgehead atoms. The Bertz CT molecular complexity index is 408. The maximum Gasteiger partial charge on any atom is 0.0270 e. The van der Waals surface area contributed by atoms with E-state index in [0.29, 0.717) is 5.92 Å². The largest absolute Gasteiger partial charge is 0.265 e. The third-order valence-corrected chi connectivity index (χ3v) is 2.98. The van der Waals surface area contributed by atoms with Crippen molar-refractivity contribution in [1.29, 1.82) is 0 Å². The van der Waals surface area contributed by atoms with Gasteiger partial charge in [-0.2, -0.15) is 0 Å². The Labute approximate surface area is 97.2 Å². The van der Waals surface area contributed by atoms with Gasteiger partial charge < -0.3 is 0 Å². The predicted molar refractivity (Wildman–Crippen MR) is 67.4 cm³/mol. The van der Waals surface area contributed by atoms with Gasteiger partial charge in [-0.1, -0.05) is 37.3 Å². The average molecular weight is 211 g/mol. The van der Waals surface area contributed by atoms with E-state index in [1.165, 1.54) is 17.5 Å². The van der Waals surface area contributed by atoms with Gasteiger partial charge in [0.2, 0.25) is 0 Å². The van der Waals surface area contributed by atoms with Gasteiger partial charge in [-0.05, 0) is 42.0 Å². The van der Waals surface area contributed by atoms with Gasteiger partial charge in [0, 0.05) is 12.4 Å². The minimum Gasteiger partial charge on any atom is -0.265 e. The first-order chi connectivity index (χ1) is 7.86. The summed E-state index contributed by atoms with van der Waals surface area (Å²) < 4.78 is 0. The van der Waals surface area contributed by atoms with Crippen molar-refractivity contribution in [2.75, 3.05) is 0 Å². The van der Waals surface area contributed by atoms with E-state index < -0.39 is 0 Å². The summed E-state index contributed by atoms with van der Waals surface area (Å²) in [7, 11) is 0. The highest BCUT2D eigenvalue weighted by atomic mass is 14.6. The van der Waals surface area contributed by atoms with Crippen LogP contribution in [0.15, 0.2) is 54.9 Å². The fourth-order valence-electron chi connectivity index (χ4n) is 1.88. The van der Waals surface area contributed by atoms with Crippen LogP contribution in [0.5, 0.6) is 0 Å². The number of pyridine rings is 1. The highest BCUT2D eigenvalue weighted by Crippen LogP contribution is 2.20. The third kappa shape index (κ3) is 2.93. The predicted octanol–water partition coefficient (Wildman–Crippen LogP) is 3.82. The van der Waals surface area contributed by atoms with E-state index in [-0.39, 0.29) is 0 Å². The number of aromatic nitrogens is 1. The summed E-state index contributed by atoms with van der Waals surface area (Å²) in [6.07, 6.45) is 6.04. The standard InChI is InChI=1S/C15H17N/c1-13(15-5-3-2-4-6-15)7-8-14-9-11-16-12-10-14/h2-6,9-13H,7-8H2,1H3. The fourth-order valence-corrected chi connectivity index (χ4v) is 1.88. The molecule has 1 aromatic heterocycles. The lowest BCUT2D eigenvalue weighted by Gasteiger charge is -2.11. The van der Waals surface area contributed by atoms with E-state index >= 15 is 0 Å². The first-order valence-corrected chi connectivity index (χ1v) is 5.80. The van der Waals surface area contributed by atoms with Gasteiger partial charge in [0.25, 0.3) is 0 Å². The molecule has 1 aromatic carbocycles. The zero-order chi connectivity index (χ0) is 11.2. The van der Waals surface area contributed by atoms with Crippen molar-refractivity contribution in [3.63, 3.8) is 0 Å². The molecule has 2 rings (SSSR count). The minimum atomic E-state index is 0.620. The van der Waals surface area contributed by atoms with E-state index in [1.54, 1.807) is 0 Å². The van der Waals surface area contributed by atoms with Crippen molar-refractivity contribution < 1.29 is 0 Å². The molecule has 0 amide bonds. The molecule has 1 nitrogen and oxygen atoms in total. The molecule has 82 valence electrons. The van der Waals surface area contributed by atoms with Crippen LogP contribution in [0.4, 0.5) is 0 Å². The molecule has 0 spiro atoms. The van der Waals surface area contributed by atoms with Crippen LogP contribution in [0.3, 0.4) is 0 Å². The summed E-state index contributed by atoms with van der Waals surface area (Å²) in [5, 5.41) is 0. The Kier molecular flexibility index (Phi) is 3.71. The monoisotopic (exact) mass is 211 g/mol. The first-order valence-electron chi connectivity index (χ1n) is 5.80. The first kappa shape index (κ1) is 10.9. The second-order valence-electron chi connectivity index (χ2n) is 4.21. The summed E-state index contributed by atoms with van der Waals surface area (Å²) in [4.78, 5) is 4.03. The molecule has 0 radical (unpaired) electrons. The van der Waals surface area contributed by atoms with Gasteiger partial charge in [-0.3, -0.25) is 4.98 Å². The fraction of sp³-hybridized carbons (Fsp3) is 0.267. The molecule has 16 heavy (non-hydrogen) atoms. The zero-order valence-electron chi connectivity index (χ0n) is 9.63. The second kappa shape index (κ2) is 5.45. The van der Waals surface area contributed by atoms with Crippen LogP contribution >= 0.6 is 0 Å². The normalized spacial score (nSPS) is 12.3. The quantitative estimate of drug-likeness (QED) is 0.749. The topological polar surface area (TPSA) is 12.9 Å². The van der Waals surface area contributed by atoms with E-state index in [2.05, 4.69) is 54.4 Å². The molecular weight excluding hydrogens is 194 g/mol. The highest BCUT2D eigenvalue weighted by Gasteiger charge is 2.04. The van der Waals surface area contributed by atoms with Crippen LogP contribution in [0, 0.1) is 0 Å². The van der Waals surface area contributed by atoms with Gasteiger partial charge in [-0.25, -0.2) is 0 Å². The van der Waals surface area contributed by atoms with E-state index in [9.17, 15) is 0 Å². The van der Waals surface area contributed by atoms with E-state index in [4.69, 9.17) is 0 Å². The molecule has 0 saturated carbocycles. The minimum absolute atomic E-state index is 0.620. The Hall–Kier alpha value is -1.63. The number of nitrogens with zero attached hydrogens (tertiary/aromatic N) is 1. The van der Waals surface area contributed by atoms with Crippen molar-refractivity contribution in [2.24, 2.45) is 0 Å². The third-order valence-electron chi connectivity index (χ3n) is 2.98. The van der Waals surface area contributed by atoms with Crippen molar-refractivity contribution in [1.82, 2.24) is 4.98 Å². The number of rotatable bonds is 4. The van der Waals surface area contributed by atoms with Crippen LogP contribution in [0.25, 0.3) is 0 Å². The highest BCUT2D eigenvalue weighted by molar-refractivity contribution is 5.19. The maximum absolute atomic E-state index is 4.03. The number of hydrogen-bond donors (Lipinski definition) is 0. The number of benzene rings is 1. The number of hydrogen-bond acceptors (Lipinski definition) is 1. The van der Waals surface area contributed by atoms with Crippen LogP contribution < -0.4 is 0 Å². The Morgan fingerprint density at radius 1 is 1.00 bits per heavy atom. The molecular formula is C15H17N. The van der Waals surface area contributed by atoms with Gasteiger partial charge in [0.1, 0.15) is 0 Å².